The fraction of sp³-hybridized carbons (Fsp3) is 0.400. The number of hydrogen-bond acceptors (Lipinski definition) is 7. The lowest BCUT2D eigenvalue weighted by atomic mass is 10.1. The van der Waals surface area contributed by atoms with E-state index >= 15 is 0 Å². The van der Waals surface area contributed by atoms with E-state index < -0.39 is 0 Å². The molecule has 23 heavy (non-hydrogen) atoms. The van der Waals surface area contributed by atoms with E-state index in [2.05, 4.69) is 44.8 Å². The molecule has 3 aromatic rings. The van der Waals surface area contributed by atoms with Gasteiger partial charge < -0.3 is 9.84 Å². The molecule has 0 fully saturated rings. The zero-order valence-corrected chi connectivity index (χ0v) is 13.4. The second-order valence-electron chi connectivity index (χ2n) is 5.76. The lowest BCUT2D eigenvalue weighted by Gasteiger charge is -2.05. The van der Waals surface area contributed by atoms with Crippen LogP contribution in [-0.4, -0.2) is 30.3 Å². The summed E-state index contributed by atoms with van der Waals surface area (Å²) in [6.45, 7) is 4.73. The van der Waals surface area contributed by atoms with Crippen LogP contribution >= 0.6 is 0 Å². The van der Waals surface area contributed by atoms with Crippen molar-refractivity contribution in [1.29, 1.82) is 0 Å². The second kappa shape index (κ2) is 6.55. The number of benzene rings is 1. The summed E-state index contributed by atoms with van der Waals surface area (Å²) in [6.07, 6.45) is 0.818. The molecule has 0 unspecified atom stereocenters. The highest BCUT2D eigenvalue weighted by atomic mass is 16.5. The molecule has 0 saturated heterocycles. The molecule has 0 aliphatic heterocycles. The highest BCUT2D eigenvalue weighted by Gasteiger charge is 2.09. The molecule has 120 valence electrons. The van der Waals surface area contributed by atoms with Crippen molar-refractivity contribution < 1.29 is 4.52 Å². The minimum absolute atomic E-state index is 0.478. The molecule has 0 aliphatic rings. The molecule has 3 rings (SSSR count). The first-order valence-electron chi connectivity index (χ1n) is 7.50. The minimum atomic E-state index is 0.478. The van der Waals surface area contributed by atoms with Crippen molar-refractivity contribution in [1.82, 2.24) is 30.3 Å². The van der Waals surface area contributed by atoms with Gasteiger partial charge in [-0.05, 0) is 28.5 Å². The third kappa shape index (κ3) is 3.71. The monoisotopic (exact) mass is 313 g/mol. The minimum Gasteiger partial charge on any atom is -0.376 e. The van der Waals surface area contributed by atoms with Crippen molar-refractivity contribution >= 4 is 5.69 Å². The lowest BCUT2D eigenvalue weighted by molar-refractivity contribution is 0.375. The predicted octanol–water partition coefficient (Wildman–Crippen LogP) is 2.07. The summed E-state index contributed by atoms with van der Waals surface area (Å²) in [5.41, 5.74) is 1.88. The molecule has 8 heteroatoms. The van der Waals surface area contributed by atoms with E-state index in [1.165, 1.54) is 0 Å². The van der Waals surface area contributed by atoms with Gasteiger partial charge in [-0.1, -0.05) is 31.1 Å². The van der Waals surface area contributed by atoms with E-state index in [0.717, 1.165) is 23.5 Å². The molecule has 2 heterocycles. The van der Waals surface area contributed by atoms with Crippen molar-refractivity contribution in [3.05, 3.63) is 36.0 Å². The van der Waals surface area contributed by atoms with Crippen LogP contribution in [0, 0.1) is 5.92 Å². The van der Waals surface area contributed by atoms with Gasteiger partial charge in [0.15, 0.2) is 11.6 Å². The van der Waals surface area contributed by atoms with Crippen molar-refractivity contribution in [2.24, 2.45) is 13.0 Å². The van der Waals surface area contributed by atoms with E-state index in [1.807, 2.05) is 31.3 Å². The van der Waals surface area contributed by atoms with Crippen LogP contribution in [-0.2, 0) is 20.0 Å². The summed E-state index contributed by atoms with van der Waals surface area (Å²) >= 11 is 0. The molecular weight excluding hydrogens is 294 g/mol. The molecular formula is C15H19N7O. The van der Waals surface area contributed by atoms with Crippen molar-refractivity contribution in [3.63, 3.8) is 0 Å². The topological polar surface area (TPSA) is 94.5 Å². The van der Waals surface area contributed by atoms with E-state index in [4.69, 9.17) is 4.52 Å². The Morgan fingerprint density at radius 3 is 2.91 bits per heavy atom. The summed E-state index contributed by atoms with van der Waals surface area (Å²) in [4.78, 5) is 4.38. The number of nitrogens with one attached hydrogen (secondary N) is 1. The second-order valence-corrected chi connectivity index (χ2v) is 5.76. The van der Waals surface area contributed by atoms with Gasteiger partial charge in [0.05, 0.1) is 6.54 Å². The Morgan fingerprint density at radius 1 is 1.30 bits per heavy atom. The predicted molar refractivity (Wildman–Crippen MR) is 84.4 cm³/mol. The summed E-state index contributed by atoms with van der Waals surface area (Å²) < 4.78 is 6.88. The maximum atomic E-state index is 5.25. The van der Waals surface area contributed by atoms with Crippen LogP contribution in [0.4, 0.5) is 5.69 Å². The normalized spacial score (nSPS) is 11.1. The van der Waals surface area contributed by atoms with Crippen LogP contribution < -0.4 is 5.32 Å². The van der Waals surface area contributed by atoms with Gasteiger partial charge in [-0.3, -0.25) is 0 Å². The molecule has 0 bridgehead atoms. The Morgan fingerprint density at radius 2 is 2.17 bits per heavy atom. The average Bonchev–Trinajstić information content (AvgIpc) is 3.14. The van der Waals surface area contributed by atoms with E-state index in [0.29, 0.717) is 24.2 Å². The summed E-state index contributed by atoms with van der Waals surface area (Å²) in [7, 11) is 1.81. The summed E-state index contributed by atoms with van der Waals surface area (Å²) in [5.74, 6) is 2.54. The van der Waals surface area contributed by atoms with E-state index in [1.54, 1.807) is 4.68 Å². The maximum absolute atomic E-state index is 5.25. The van der Waals surface area contributed by atoms with Gasteiger partial charge in [0.1, 0.15) is 0 Å². The van der Waals surface area contributed by atoms with Crippen LogP contribution in [0.1, 0.15) is 25.6 Å². The largest absolute Gasteiger partial charge is 0.376 e. The van der Waals surface area contributed by atoms with Crippen LogP contribution in [0.5, 0.6) is 0 Å². The third-order valence-electron chi connectivity index (χ3n) is 3.29. The van der Waals surface area contributed by atoms with Crippen molar-refractivity contribution in [3.8, 4) is 11.4 Å². The van der Waals surface area contributed by atoms with Gasteiger partial charge in [-0.15, -0.1) is 5.10 Å². The van der Waals surface area contributed by atoms with E-state index in [9.17, 15) is 0 Å². The zero-order chi connectivity index (χ0) is 16.2. The number of rotatable bonds is 6. The van der Waals surface area contributed by atoms with Gasteiger partial charge in [-0.25, -0.2) is 4.68 Å². The Labute approximate surface area is 133 Å². The molecule has 0 spiro atoms. The smallest absolute Gasteiger partial charge is 0.245 e. The molecule has 0 aliphatic carbocycles. The number of anilines is 1. The van der Waals surface area contributed by atoms with Crippen LogP contribution in [0.15, 0.2) is 28.8 Å². The average molecular weight is 313 g/mol. The fourth-order valence-electron chi connectivity index (χ4n) is 2.23. The van der Waals surface area contributed by atoms with Gasteiger partial charge in [0, 0.05) is 24.7 Å². The van der Waals surface area contributed by atoms with Gasteiger partial charge in [-0.2, -0.15) is 4.98 Å². The standard InChI is InChI=1S/C15H19N7O/c1-10(2)7-13-17-14(23-19-13)9-16-12-6-4-5-11(8-12)15-18-20-21-22(15)3/h4-6,8,10,16H,7,9H2,1-3H3. The molecule has 1 aromatic carbocycles. The van der Waals surface area contributed by atoms with Crippen LogP contribution in [0.2, 0.25) is 0 Å². The first kappa shape index (κ1) is 15.1. The molecule has 0 atom stereocenters. The number of hydrogen-bond donors (Lipinski definition) is 1. The lowest BCUT2D eigenvalue weighted by Crippen LogP contribution is -2.01. The van der Waals surface area contributed by atoms with Gasteiger partial charge in [0.2, 0.25) is 5.89 Å². The Hall–Kier alpha value is -2.77. The zero-order valence-electron chi connectivity index (χ0n) is 13.4. The SMILES string of the molecule is CC(C)Cc1noc(CNc2cccc(-c3nnnn3C)c2)n1. The number of tetrazole rings is 1. The van der Waals surface area contributed by atoms with Crippen LogP contribution in [0.3, 0.4) is 0 Å². The van der Waals surface area contributed by atoms with Crippen molar-refractivity contribution in [2.45, 2.75) is 26.8 Å². The number of aryl methyl sites for hydroxylation is 1. The highest BCUT2D eigenvalue weighted by Crippen LogP contribution is 2.20. The molecule has 2 aromatic heterocycles. The molecule has 1 N–H and O–H groups in total. The number of aromatic nitrogens is 6. The first-order valence-corrected chi connectivity index (χ1v) is 7.50. The molecule has 0 amide bonds. The Bertz CT molecular complexity index is 777. The number of nitrogens with zero attached hydrogens (tertiary/aromatic N) is 6. The third-order valence-corrected chi connectivity index (χ3v) is 3.29. The van der Waals surface area contributed by atoms with Crippen LogP contribution in [0.25, 0.3) is 11.4 Å². The summed E-state index contributed by atoms with van der Waals surface area (Å²) in [6, 6.07) is 7.87. The fourth-order valence-corrected chi connectivity index (χ4v) is 2.23. The maximum Gasteiger partial charge on any atom is 0.245 e. The van der Waals surface area contributed by atoms with Gasteiger partial charge in [0.25, 0.3) is 0 Å². The summed E-state index contributed by atoms with van der Waals surface area (Å²) in [5, 5.41) is 18.8. The van der Waals surface area contributed by atoms with E-state index in [-0.39, 0.29) is 0 Å². The van der Waals surface area contributed by atoms with Crippen molar-refractivity contribution in [2.75, 3.05) is 5.32 Å². The molecule has 0 radical (unpaired) electrons. The molecule has 8 nitrogen and oxygen atoms in total. The Kier molecular flexibility index (Phi) is 4.31. The first-order chi connectivity index (χ1) is 11.1. The molecule has 0 saturated carbocycles. The Balaban J connectivity index is 1.67. The quantitative estimate of drug-likeness (QED) is 0.744. The highest BCUT2D eigenvalue weighted by molar-refractivity contribution is 5.62. The van der Waals surface area contributed by atoms with Gasteiger partial charge >= 0.3 is 0 Å².